The summed E-state index contributed by atoms with van der Waals surface area (Å²) >= 11 is 1.76. The summed E-state index contributed by atoms with van der Waals surface area (Å²) in [5, 5.41) is 4.90. The molecule has 0 amide bonds. The lowest BCUT2D eigenvalue weighted by Gasteiger charge is -2.28. The average molecular weight is 411 g/mol. The monoisotopic (exact) mass is 410 g/mol. The molecule has 0 radical (unpaired) electrons. The van der Waals surface area contributed by atoms with E-state index in [-0.39, 0.29) is 6.04 Å². The fraction of sp³-hybridized carbons (Fsp3) is 0.455. The average Bonchev–Trinajstić information content (AvgIpc) is 3.03. The molecule has 5 rings (SSSR count). The number of hydrogen-bond acceptors (Lipinski definition) is 7. The Bertz CT molecular complexity index is 1030. The molecular formula is C22H26N4O2S. The zero-order valence-electron chi connectivity index (χ0n) is 16.9. The maximum Gasteiger partial charge on any atom is 0.146 e. The van der Waals surface area contributed by atoms with Crippen LogP contribution in [0.1, 0.15) is 34.3 Å². The van der Waals surface area contributed by atoms with Crippen LogP contribution >= 0.6 is 11.3 Å². The van der Waals surface area contributed by atoms with Crippen molar-refractivity contribution in [3.63, 3.8) is 0 Å². The lowest BCUT2D eigenvalue weighted by atomic mass is 10.0. The Labute approximate surface area is 174 Å². The van der Waals surface area contributed by atoms with Gasteiger partial charge in [-0.15, -0.1) is 11.3 Å². The molecule has 7 heteroatoms. The fourth-order valence-electron chi connectivity index (χ4n) is 4.09. The van der Waals surface area contributed by atoms with Gasteiger partial charge in [0.2, 0.25) is 0 Å². The number of para-hydroxylation sites is 1. The summed E-state index contributed by atoms with van der Waals surface area (Å²) in [6.07, 6.45) is 0.920. The number of ether oxygens (including phenoxy) is 2. The highest BCUT2D eigenvalue weighted by molar-refractivity contribution is 7.18. The van der Waals surface area contributed by atoms with Crippen LogP contribution in [0.2, 0.25) is 0 Å². The Morgan fingerprint density at radius 3 is 2.83 bits per heavy atom. The predicted octanol–water partition coefficient (Wildman–Crippen LogP) is 4.08. The van der Waals surface area contributed by atoms with E-state index in [4.69, 9.17) is 19.4 Å². The summed E-state index contributed by atoms with van der Waals surface area (Å²) < 4.78 is 11.3. The van der Waals surface area contributed by atoms with Crippen molar-refractivity contribution in [1.29, 1.82) is 0 Å². The second-order valence-electron chi connectivity index (χ2n) is 7.71. The molecule has 2 aromatic heterocycles. The lowest BCUT2D eigenvalue weighted by molar-refractivity contribution is 0.0331. The van der Waals surface area contributed by atoms with Crippen LogP contribution in [0, 0.1) is 13.8 Å². The van der Waals surface area contributed by atoms with Crippen molar-refractivity contribution in [2.75, 3.05) is 38.2 Å². The Morgan fingerprint density at radius 1 is 1.14 bits per heavy atom. The summed E-state index contributed by atoms with van der Waals surface area (Å²) in [6.45, 7) is 9.23. The van der Waals surface area contributed by atoms with Crippen molar-refractivity contribution in [1.82, 2.24) is 14.9 Å². The number of hydrogen-bond donors (Lipinski definition) is 1. The molecule has 1 saturated heterocycles. The molecule has 3 aromatic rings. The van der Waals surface area contributed by atoms with Gasteiger partial charge in [0, 0.05) is 30.0 Å². The third kappa shape index (κ3) is 3.70. The fourth-order valence-corrected chi connectivity index (χ4v) is 5.13. The van der Waals surface area contributed by atoms with Gasteiger partial charge in [0.05, 0.1) is 37.8 Å². The number of rotatable bonds is 4. The second kappa shape index (κ2) is 7.89. The maximum atomic E-state index is 5.84. The van der Waals surface area contributed by atoms with Crippen molar-refractivity contribution >= 4 is 27.4 Å². The topological polar surface area (TPSA) is 59.5 Å². The Hall–Kier alpha value is -2.22. The van der Waals surface area contributed by atoms with Gasteiger partial charge in [-0.05, 0) is 25.5 Å². The molecule has 1 atom stereocenters. The van der Waals surface area contributed by atoms with Crippen LogP contribution in [0.3, 0.4) is 0 Å². The van der Waals surface area contributed by atoms with Gasteiger partial charge in [-0.1, -0.05) is 18.2 Å². The number of benzene rings is 1. The van der Waals surface area contributed by atoms with E-state index in [0.717, 1.165) is 66.9 Å². The SMILES string of the molecule is Cc1sc2nc(CN3CCOCC3)nc(NC3CCOc4ccccc43)c2c1C. The number of thiophene rings is 1. The summed E-state index contributed by atoms with van der Waals surface area (Å²) in [6, 6.07) is 8.47. The second-order valence-corrected chi connectivity index (χ2v) is 8.92. The molecule has 0 saturated carbocycles. The quantitative estimate of drug-likeness (QED) is 0.700. The van der Waals surface area contributed by atoms with E-state index in [1.807, 2.05) is 12.1 Å². The first-order valence-corrected chi connectivity index (χ1v) is 11.1. The summed E-state index contributed by atoms with van der Waals surface area (Å²) in [4.78, 5) is 14.6. The van der Waals surface area contributed by atoms with Crippen LogP contribution in [0.5, 0.6) is 5.75 Å². The zero-order chi connectivity index (χ0) is 19.8. The van der Waals surface area contributed by atoms with Gasteiger partial charge >= 0.3 is 0 Å². The number of nitrogens with zero attached hydrogens (tertiary/aromatic N) is 3. The Morgan fingerprint density at radius 2 is 1.97 bits per heavy atom. The number of aromatic nitrogens is 2. The summed E-state index contributed by atoms with van der Waals surface area (Å²) in [5.74, 6) is 2.79. The molecule has 6 nitrogen and oxygen atoms in total. The molecule has 0 bridgehead atoms. The molecule has 4 heterocycles. The first-order valence-electron chi connectivity index (χ1n) is 10.2. The minimum atomic E-state index is 0.189. The van der Waals surface area contributed by atoms with Crippen LogP contribution < -0.4 is 10.1 Å². The highest BCUT2D eigenvalue weighted by atomic mass is 32.1. The summed E-state index contributed by atoms with van der Waals surface area (Å²) in [7, 11) is 0. The van der Waals surface area contributed by atoms with Crippen LogP contribution in [0.15, 0.2) is 24.3 Å². The normalized spacial score (nSPS) is 19.7. The van der Waals surface area contributed by atoms with E-state index in [9.17, 15) is 0 Å². The van der Waals surface area contributed by atoms with Crippen molar-refractivity contribution < 1.29 is 9.47 Å². The van der Waals surface area contributed by atoms with E-state index in [1.165, 1.54) is 16.0 Å². The number of morpholine rings is 1. The van der Waals surface area contributed by atoms with Gasteiger partial charge in [-0.3, -0.25) is 4.90 Å². The molecule has 2 aliphatic heterocycles. The van der Waals surface area contributed by atoms with Crippen molar-refractivity contribution in [3.8, 4) is 5.75 Å². The molecule has 2 aliphatic rings. The molecular weight excluding hydrogens is 384 g/mol. The number of fused-ring (bicyclic) bond motifs is 2. The van der Waals surface area contributed by atoms with Gasteiger partial charge in [0.25, 0.3) is 0 Å². The van der Waals surface area contributed by atoms with Gasteiger partial charge in [-0.2, -0.15) is 0 Å². The molecule has 0 spiro atoms. The Kier molecular flexibility index (Phi) is 5.11. The Balaban J connectivity index is 1.51. The first-order chi connectivity index (χ1) is 14.2. The van der Waals surface area contributed by atoms with Gasteiger partial charge in [0.1, 0.15) is 22.2 Å². The predicted molar refractivity (Wildman–Crippen MR) is 116 cm³/mol. The largest absolute Gasteiger partial charge is 0.493 e. The van der Waals surface area contributed by atoms with Gasteiger partial charge in [-0.25, -0.2) is 9.97 Å². The molecule has 1 aromatic carbocycles. The minimum Gasteiger partial charge on any atom is -0.493 e. The lowest BCUT2D eigenvalue weighted by Crippen LogP contribution is -2.36. The number of aryl methyl sites for hydroxylation is 2. The maximum absolute atomic E-state index is 5.84. The van der Waals surface area contributed by atoms with Crippen LogP contribution in [0.4, 0.5) is 5.82 Å². The molecule has 1 fully saturated rings. The van der Waals surface area contributed by atoms with Crippen molar-refractivity contribution in [2.24, 2.45) is 0 Å². The highest BCUT2D eigenvalue weighted by Crippen LogP contribution is 2.38. The third-order valence-corrected chi connectivity index (χ3v) is 6.91. The standard InChI is InChI=1S/C22H26N4O2S/c1-14-15(2)29-22-20(14)21(24-19(25-22)13-26-8-11-27-12-9-26)23-17-7-10-28-18-6-4-3-5-16(17)18/h3-6,17H,7-13H2,1-2H3,(H,23,24,25). The van der Waals surface area contributed by atoms with Crippen molar-refractivity contribution in [2.45, 2.75) is 32.9 Å². The van der Waals surface area contributed by atoms with E-state index in [1.54, 1.807) is 11.3 Å². The minimum absolute atomic E-state index is 0.189. The number of anilines is 1. The molecule has 1 unspecified atom stereocenters. The zero-order valence-corrected chi connectivity index (χ0v) is 17.7. The van der Waals surface area contributed by atoms with E-state index >= 15 is 0 Å². The van der Waals surface area contributed by atoms with E-state index < -0.39 is 0 Å². The van der Waals surface area contributed by atoms with E-state index in [2.05, 4.69) is 36.2 Å². The van der Waals surface area contributed by atoms with Crippen LogP contribution in [-0.2, 0) is 11.3 Å². The van der Waals surface area contributed by atoms with Crippen LogP contribution in [-0.4, -0.2) is 47.8 Å². The molecule has 29 heavy (non-hydrogen) atoms. The molecule has 1 N–H and O–H groups in total. The highest BCUT2D eigenvalue weighted by Gasteiger charge is 2.24. The van der Waals surface area contributed by atoms with Crippen molar-refractivity contribution in [3.05, 3.63) is 46.1 Å². The van der Waals surface area contributed by atoms with Crippen LogP contribution in [0.25, 0.3) is 10.2 Å². The first kappa shape index (κ1) is 18.8. The summed E-state index contributed by atoms with van der Waals surface area (Å²) in [5.41, 5.74) is 2.47. The number of nitrogens with one attached hydrogen (secondary N) is 1. The van der Waals surface area contributed by atoms with E-state index in [0.29, 0.717) is 6.61 Å². The van der Waals surface area contributed by atoms with Gasteiger partial charge in [0.15, 0.2) is 0 Å². The molecule has 152 valence electrons. The molecule has 0 aliphatic carbocycles. The smallest absolute Gasteiger partial charge is 0.146 e. The van der Waals surface area contributed by atoms with Gasteiger partial charge < -0.3 is 14.8 Å². The third-order valence-electron chi connectivity index (χ3n) is 5.81.